The summed E-state index contributed by atoms with van der Waals surface area (Å²) in [4.78, 5) is 0.293. The van der Waals surface area contributed by atoms with Gasteiger partial charge in [-0.05, 0) is 12.1 Å². The predicted molar refractivity (Wildman–Crippen MR) is 48.1 cm³/mol. The summed E-state index contributed by atoms with van der Waals surface area (Å²) < 4.78 is 0. The van der Waals surface area contributed by atoms with Crippen molar-refractivity contribution in [1.29, 1.82) is 0 Å². The quantitative estimate of drug-likeness (QED) is 0.521. The van der Waals surface area contributed by atoms with E-state index in [4.69, 9.17) is 29.0 Å². The number of hydrogen-bond acceptors (Lipinski definition) is 2. The fourth-order valence-electron chi connectivity index (χ4n) is 0.666. The van der Waals surface area contributed by atoms with E-state index in [9.17, 15) is 0 Å². The number of benzene rings is 1. The van der Waals surface area contributed by atoms with Crippen molar-refractivity contribution in [1.82, 2.24) is 5.48 Å². The molecule has 11 heavy (non-hydrogen) atoms. The van der Waals surface area contributed by atoms with Crippen molar-refractivity contribution in [3.05, 3.63) is 34.9 Å². The molecule has 58 valence electrons. The molecule has 2 nitrogen and oxygen atoms in total. The molecule has 2 N–H and O–H groups in total. The first-order chi connectivity index (χ1) is 5.24. The zero-order chi connectivity index (χ0) is 8.27. The second-order valence-electron chi connectivity index (χ2n) is 1.95. The van der Waals surface area contributed by atoms with Gasteiger partial charge < -0.3 is 0 Å². The van der Waals surface area contributed by atoms with Gasteiger partial charge in [0.25, 0.3) is 0 Å². The average molecular weight is 188 g/mol. The second-order valence-corrected chi connectivity index (χ2v) is 2.79. The molecule has 0 bridgehead atoms. The highest BCUT2D eigenvalue weighted by molar-refractivity contribution is 7.80. The third-order valence-corrected chi connectivity index (χ3v) is 1.79. The Hall–Kier alpha value is -0.640. The van der Waals surface area contributed by atoms with Crippen LogP contribution in [-0.2, 0) is 0 Å². The number of hydroxylamine groups is 1. The van der Waals surface area contributed by atoms with Gasteiger partial charge in [0.2, 0.25) is 0 Å². The summed E-state index contributed by atoms with van der Waals surface area (Å²) in [5, 5.41) is 9.08. The summed E-state index contributed by atoms with van der Waals surface area (Å²) in [6.45, 7) is 0. The molecule has 0 atom stereocenters. The maximum absolute atomic E-state index is 8.43. The van der Waals surface area contributed by atoms with E-state index in [2.05, 4.69) is 0 Å². The Morgan fingerprint density at radius 3 is 2.36 bits per heavy atom. The highest BCUT2D eigenvalue weighted by Gasteiger charge is 1.96. The minimum Gasteiger partial charge on any atom is -0.290 e. The normalized spacial score (nSPS) is 9.27. The predicted octanol–water partition coefficient (Wildman–Crippen LogP) is 1.99. The Morgan fingerprint density at radius 2 is 1.91 bits per heavy atom. The Bertz CT molecular complexity index is 260. The van der Waals surface area contributed by atoms with Crippen LogP contribution in [0.15, 0.2) is 24.3 Å². The number of halogens is 1. The lowest BCUT2D eigenvalue weighted by atomic mass is 10.2. The van der Waals surface area contributed by atoms with Crippen LogP contribution in [0.3, 0.4) is 0 Å². The third kappa shape index (κ3) is 2.15. The molecule has 0 unspecified atom stereocenters. The summed E-state index contributed by atoms with van der Waals surface area (Å²) in [6.07, 6.45) is 0. The van der Waals surface area contributed by atoms with E-state index in [0.29, 0.717) is 10.0 Å². The van der Waals surface area contributed by atoms with Gasteiger partial charge in [-0.15, -0.1) is 0 Å². The molecule has 0 aliphatic rings. The van der Waals surface area contributed by atoms with Crippen molar-refractivity contribution in [3.63, 3.8) is 0 Å². The molecule has 4 heteroatoms. The first-order valence-electron chi connectivity index (χ1n) is 2.94. The summed E-state index contributed by atoms with van der Waals surface area (Å²) in [5.41, 5.74) is 2.63. The van der Waals surface area contributed by atoms with Gasteiger partial charge in [0, 0.05) is 10.6 Å². The maximum Gasteiger partial charge on any atom is 0.130 e. The molecule has 1 rings (SSSR count). The number of thiocarbonyl (C=S) groups is 1. The Labute approximate surface area is 74.8 Å². The van der Waals surface area contributed by atoms with Gasteiger partial charge in [-0.25, -0.2) is 0 Å². The van der Waals surface area contributed by atoms with Gasteiger partial charge >= 0.3 is 0 Å². The number of rotatable bonds is 1. The van der Waals surface area contributed by atoms with E-state index in [1.807, 2.05) is 5.48 Å². The van der Waals surface area contributed by atoms with Crippen LogP contribution < -0.4 is 5.48 Å². The topological polar surface area (TPSA) is 32.3 Å². The van der Waals surface area contributed by atoms with Gasteiger partial charge in [-0.3, -0.25) is 10.7 Å². The van der Waals surface area contributed by atoms with Gasteiger partial charge in [0.05, 0.1) is 0 Å². The van der Waals surface area contributed by atoms with Crippen molar-refractivity contribution < 1.29 is 5.21 Å². The lowest BCUT2D eigenvalue weighted by molar-refractivity contribution is 0.238. The molecule has 0 radical (unpaired) electrons. The minimum atomic E-state index is 0.293. The molecule has 0 aliphatic carbocycles. The van der Waals surface area contributed by atoms with Crippen LogP contribution in [0.2, 0.25) is 5.02 Å². The molecular weight excluding hydrogens is 182 g/mol. The van der Waals surface area contributed by atoms with E-state index in [0.717, 1.165) is 5.56 Å². The molecule has 1 aromatic carbocycles. The summed E-state index contributed by atoms with van der Waals surface area (Å²) in [7, 11) is 0. The van der Waals surface area contributed by atoms with Gasteiger partial charge in [0.15, 0.2) is 0 Å². The zero-order valence-electron chi connectivity index (χ0n) is 5.54. The Morgan fingerprint density at radius 1 is 1.36 bits per heavy atom. The van der Waals surface area contributed by atoms with E-state index < -0.39 is 0 Å². The summed E-state index contributed by atoms with van der Waals surface area (Å²) in [5.74, 6) is 0. The zero-order valence-corrected chi connectivity index (χ0v) is 7.12. The number of hydrogen-bond donors (Lipinski definition) is 2. The molecule has 0 fully saturated rings. The lowest BCUT2D eigenvalue weighted by Crippen LogP contribution is -2.16. The highest BCUT2D eigenvalue weighted by Crippen LogP contribution is 2.09. The molecule has 0 aliphatic heterocycles. The molecule has 0 amide bonds. The largest absolute Gasteiger partial charge is 0.290 e. The second kappa shape index (κ2) is 3.67. The summed E-state index contributed by atoms with van der Waals surface area (Å²) >= 11 is 10.4. The molecule has 0 saturated heterocycles. The fourth-order valence-corrected chi connectivity index (χ4v) is 0.928. The standard InChI is InChI=1S/C7H6ClNOS/c8-6-3-1-5(2-4-6)7(11)9-10/h1-4,10H,(H,9,11). The smallest absolute Gasteiger partial charge is 0.130 e. The van der Waals surface area contributed by atoms with Crippen LogP contribution in [0.25, 0.3) is 0 Å². The number of nitrogens with one attached hydrogen (secondary N) is 1. The summed E-state index contributed by atoms with van der Waals surface area (Å²) in [6, 6.07) is 6.88. The Balaban J connectivity index is 2.90. The Kier molecular flexibility index (Phi) is 2.82. The first kappa shape index (κ1) is 8.46. The van der Waals surface area contributed by atoms with Crippen LogP contribution in [0.5, 0.6) is 0 Å². The lowest BCUT2D eigenvalue weighted by Gasteiger charge is -1.99. The monoisotopic (exact) mass is 187 g/mol. The van der Waals surface area contributed by atoms with Gasteiger partial charge in [0.1, 0.15) is 4.99 Å². The third-order valence-electron chi connectivity index (χ3n) is 1.21. The highest BCUT2D eigenvalue weighted by atomic mass is 35.5. The molecule has 0 heterocycles. The average Bonchev–Trinajstić information content (AvgIpc) is 2.05. The SMILES string of the molecule is ONC(=S)c1ccc(Cl)cc1. The molecule has 0 aromatic heterocycles. The van der Waals surface area contributed by atoms with Crippen LogP contribution in [-0.4, -0.2) is 10.2 Å². The molecule has 0 spiro atoms. The van der Waals surface area contributed by atoms with E-state index >= 15 is 0 Å². The molecular formula is C7H6ClNOS. The van der Waals surface area contributed by atoms with Crippen molar-refractivity contribution in [2.24, 2.45) is 0 Å². The van der Waals surface area contributed by atoms with Crippen molar-refractivity contribution in [3.8, 4) is 0 Å². The first-order valence-corrected chi connectivity index (χ1v) is 3.72. The minimum absolute atomic E-state index is 0.293. The van der Waals surface area contributed by atoms with E-state index in [1.165, 1.54) is 0 Å². The van der Waals surface area contributed by atoms with E-state index in [-0.39, 0.29) is 0 Å². The molecule has 1 aromatic rings. The van der Waals surface area contributed by atoms with Gasteiger partial charge in [-0.1, -0.05) is 36.0 Å². The molecule has 0 saturated carbocycles. The van der Waals surface area contributed by atoms with Crippen LogP contribution in [0, 0.1) is 0 Å². The van der Waals surface area contributed by atoms with Crippen molar-refractivity contribution >= 4 is 28.8 Å². The van der Waals surface area contributed by atoms with Gasteiger partial charge in [-0.2, -0.15) is 0 Å². The van der Waals surface area contributed by atoms with Crippen LogP contribution in [0.4, 0.5) is 0 Å². The van der Waals surface area contributed by atoms with Crippen LogP contribution in [0.1, 0.15) is 5.56 Å². The maximum atomic E-state index is 8.43. The van der Waals surface area contributed by atoms with Crippen molar-refractivity contribution in [2.45, 2.75) is 0 Å². The van der Waals surface area contributed by atoms with E-state index in [1.54, 1.807) is 24.3 Å². The fraction of sp³-hybridized carbons (Fsp3) is 0. The van der Waals surface area contributed by atoms with Crippen molar-refractivity contribution in [2.75, 3.05) is 0 Å². The van der Waals surface area contributed by atoms with Crippen LogP contribution >= 0.6 is 23.8 Å².